The molecular weight excluding hydrogens is 498 g/mol. The van der Waals surface area contributed by atoms with Crippen molar-refractivity contribution in [3.8, 4) is 5.75 Å². The van der Waals surface area contributed by atoms with E-state index in [2.05, 4.69) is 24.5 Å². The van der Waals surface area contributed by atoms with Crippen molar-refractivity contribution in [3.63, 3.8) is 0 Å². The molecule has 1 atom stereocenters. The molecule has 0 radical (unpaired) electrons. The third-order valence-electron chi connectivity index (χ3n) is 7.15. The molecule has 1 heterocycles. The normalized spacial score (nSPS) is 18.2. The number of methoxy groups -OCH3 is 1. The van der Waals surface area contributed by atoms with E-state index < -0.39 is 6.04 Å². The van der Waals surface area contributed by atoms with Gasteiger partial charge in [-0.1, -0.05) is 67.9 Å². The highest BCUT2D eigenvalue weighted by atomic mass is 35.5. The van der Waals surface area contributed by atoms with Crippen molar-refractivity contribution >= 4 is 34.7 Å². The number of hydrogen-bond donors (Lipinski definition) is 2. The summed E-state index contributed by atoms with van der Waals surface area (Å²) in [5.41, 5.74) is 4.94. The van der Waals surface area contributed by atoms with Crippen molar-refractivity contribution in [3.05, 3.63) is 100 Å². The lowest BCUT2D eigenvalue weighted by molar-refractivity contribution is -0.121. The number of rotatable bonds is 6. The number of allylic oxidation sites excluding steroid dienone is 1. The van der Waals surface area contributed by atoms with Gasteiger partial charge < -0.3 is 20.3 Å². The van der Waals surface area contributed by atoms with Crippen LogP contribution in [0.25, 0.3) is 0 Å². The number of hydrogen-bond acceptors (Lipinski definition) is 5. The fraction of sp³-hybridized carbons (Fsp3) is 0.290. The molecule has 0 saturated heterocycles. The molecule has 2 N–H and O–H groups in total. The minimum atomic E-state index is -0.498. The Morgan fingerprint density at radius 3 is 2.53 bits per heavy atom. The van der Waals surface area contributed by atoms with Gasteiger partial charge in [0.1, 0.15) is 5.75 Å². The van der Waals surface area contributed by atoms with Crippen LogP contribution in [0.15, 0.2) is 84.1 Å². The van der Waals surface area contributed by atoms with Crippen LogP contribution in [0.2, 0.25) is 5.02 Å². The molecule has 2 aliphatic rings. The van der Waals surface area contributed by atoms with Crippen LogP contribution in [0.3, 0.4) is 0 Å². The van der Waals surface area contributed by atoms with E-state index in [1.807, 2.05) is 77.7 Å². The minimum Gasteiger partial charge on any atom is -0.496 e. The number of anilines is 2. The van der Waals surface area contributed by atoms with Gasteiger partial charge in [-0.15, -0.1) is 0 Å². The van der Waals surface area contributed by atoms with E-state index in [1.165, 1.54) is 0 Å². The number of halogens is 1. The molecule has 3 aromatic rings. The third-order valence-corrected chi connectivity index (χ3v) is 7.41. The number of carbonyl (C=O) groups excluding carboxylic acids is 2. The number of ketones is 1. The van der Waals surface area contributed by atoms with Crippen molar-refractivity contribution in [2.24, 2.45) is 5.41 Å². The number of amides is 1. The van der Waals surface area contributed by atoms with Gasteiger partial charge in [-0.3, -0.25) is 9.59 Å². The van der Waals surface area contributed by atoms with Gasteiger partial charge in [0.25, 0.3) is 0 Å². The van der Waals surface area contributed by atoms with Gasteiger partial charge in [-0.05, 0) is 47.7 Å². The molecule has 1 aliphatic heterocycles. The number of fused-ring (bicyclic) bond motifs is 1. The number of para-hydroxylation sites is 3. The van der Waals surface area contributed by atoms with Crippen LogP contribution in [0.5, 0.6) is 5.75 Å². The summed E-state index contributed by atoms with van der Waals surface area (Å²) >= 11 is 6.01. The Hall–Kier alpha value is -3.77. The summed E-state index contributed by atoms with van der Waals surface area (Å²) in [6.45, 7) is 4.67. The standard InChI is InChI=1S/C31H32ClN3O3/c1-31(2)16-24-29(26(36)17-31)30(22-8-4-7-11-27(22)38-3)35(25-10-6-5-9-23(25)34-24)19-28(37)33-18-20-12-14-21(32)15-13-20/h4-15,30,34H,16-19H2,1-3H3,(H,33,37). The van der Waals surface area contributed by atoms with Crippen molar-refractivity contribution in [2.45, 2.75) is 39.3 Å². The first-order valence-electron chi connectivity index (χ1n) is 12.8. The van der Waals surface area contributed by atoms with Gasteiger partial charge in [-0.2, -0.15) is 0 Å². The lowest BCUT2D eigenvalue weighted by Gasteiger charge is -2.38. The average Bonchev–Trinajstić information content (AvgIpc) is 3.02. The van der Waals surface area contributed by atoms with Crippen LogP contribution in [0.1, 0.15) is 43.9 Å². The monoisotopic (exact) mass is 529 g/mol. The Labute approximate surface area is 228 Å². The van der Waals surface area contributed by atoms with Crippen LogP contribution in [-0.2, 0) is 16.1 Å². The lowest BCUT2D eigenvalue weighted by atomic mass is 9.73. The minimum absolute atomic E-state index is 0.0580. The molecule has 6 nitrogen and oxygen atoms in total. The smallest absolute Gasteiger partial charge is 0.239 e. The quantitative estimate of drug-likeness (QED) is 0.393. The molecule has 0 spiro atoms. The molecule has 38 heavy (non-hydrogen) atoms. The second-order valence-corrected chi connectivity index (χ2v) is 11.1. The maximum absolute atomic E-state index is 13.8. The second-order valence-electron chi connectivity index (χ2n) is 10.7. The summed E-state index contributed by atoms with van der Waals surface area (Å²) < 4.78 is 5.76. The van der Waals surface area contributed by atoms with E-state index in [4.69, 9.17) is 16.3 Å². The summed E-state index contributed by atoms with van der Waals surface area (Å²) in [5.74, 6) is 0.606. The molecule has 1 aliphatic carbocycles. The SMILES string of the molecule is COc1ccccc1C1C2=C(CC(C)(C)CC2=O)Nc2ccccc2N1CC(=O)NCc1ccc(Cl)cc1. The second kappa shape index (κ2) is 10.5. The molecule has 5 rings (SSSR count). The maximum Gasteiger partial charge on any atom is 0.239 e. The Kier molecular flexibility index (Phi) is 7.17. The highest BCUT2D eigenvalue weighted by Crippen LogP contribution is 2.49. The number of Topliss-reactive ketones (excluding diaryl/α,β-unsaturated/α-hetero) is 1. The molecule has 196 valence electrons. The lowest BCUT2D eigenvalue weighted by Crippen LogP contribution is -2.42. The zero-order chi connectivity index (χ0) is 26.9. The largest absolute Gasteiger partial charge is 0.496 e. The van der Waals surface area contributed by atoms with Crippen molar-refractivity contribution < 1.29 is 14.3 Å². The number of nitrogens with one attached hydrogen (secondary N) is 2. The molecule has 1 amide bonds. The first kappa shape index (κ1) is 25.9. The molecule has 1 unspecified atom stereocenters. The molecular formula is C31H32ClN3O3. The number of ether oxygens (including phenoxy) is 1. The van der Waals surface area contributed by atoms with Crippen LogP contribution in [-0.4, -0.2) is 25.3 Å². The molecule has 7 heteroatoms. The van der Waals surface area contributed by atoms with Crippen LogP contribution in [0, 0.1) is 5.41 Å². The highest BCUT2D eigenvalue weighted by molar-refractivity contribution is 6.30. The summed E-state index contributed by atoms with van der Waals surface area (Å²) in [4.78, 5) is 29.3. The van der Waals surface area contributed by atoms with E-state index in [1.54, 1.807) is 7.11 Å². The zero-order valence-corrected chi connectivity index (χ0v) is 22.6. The van der Waals surface area contributed by atoms with Crippen LogP contribution >= 0.6 is 11.6 Å². The average molecular weight is 530 g/mol. The predicted octanol–water partition coefficient (Wildman–Crippen LogP) is 6.28. The summed E-state index contributed by atoms with van der Waals surface area (Å²) in [7, 11) is 1.63. The van der Waals surface area contributed by atoms with Gasteiger partial charge >= 0.3 is 0 Å². The third kappa shape index (κ3) is 5.27. The van der Waals surface area contributed by atoms with E-state index in [-0.39, 0.29) is 23.7 Å². The molecule has 0 aromatic heterocycles. The zero-order valence-electron chi connectivity index (χ0n) is 21.9. The van der Waals surface area contributed by atoms with E-state index in [9.17, 15) is 9.59 Å². The number of nitrogens with zero attached hydrogens (tertiary/aromatic N) is 1. The topological polar surface area (TPSA) is 70.7 Å². The van der Waals surface area contributed by atoms with Gasteiger partial charge in [0.15, 0.2) is 5.78 Å². The highest BCUT2D eigenvalue weighted by Gasteiger charge is 2.42. The maximum atomic E-state index is 13.8. The van der Waals surface area contributed by atoms with Crippen molar-refractivity contribution in [1.29, 1.82) is 0 Å². The van der Waals surface area contributed by atoms with E-state index >= 15 is 0 Å². The Bertz CT molecular complexity index is 1400. The molecule has 0 saturated carbocycles. The molecule has 3 aromatic carbocycles. The van der Waals surface area contributed by atoms with Gasteiger partial charge in [0, 0.05) is 34.8 Å². The Balaban J connectivity index is 1.59. The van der Waals surface area contributed by atoms with Gasteiger partial charge in [-0.25, -0.2) is 0 Å². The first-order valence-corrected chi connectivity index (χ1v) is 13.2. The Morgan fingerprint density at radius 2 is 1.76 bits per heavy atom. The van der Waals surface area contributed by atoms with Crippen LogP contribution in [0.4, 0.5) is 11.4 Å². The number of carbonyl (C=O) groups is 2. The van der Waals surface area contributed by atoms with Crippen molar-refractivity contribution in [2.75, 3.05) is 23.9 Å². The Morgan fingerprint density at radius 1 is 1.05 bits per heavy atom. The van der Waals surface area contributed by atoms with Crippen LogP contribution < -0.4 is 20.3 Å². The van der Waals surface area contributed by atoms with E-state index in [0.29, 0.717) is 29.3 Å². The van der Waals surface area contributed by atoms with E-state index in [0.717, 1.165) is 34.6 Å². The van der Waals surface area contributed by atoms with Gasteiger partial charge in [0.05, 0.1) is 31.1 Å². The summed E-state index contributed by atoms with van der Waals surface area (Å²) in [5, 5.41) is 7.27. The molecule has 0 bridgehead atoms. The van der Waals surface area contributed by atoms with Crippen molar-refractivity contribution in [1.82, 2.24) is 5.32 Å². The fourth-order valence-corrected chi connectivity index (χ4v) is 5.58. The fourth-order valence-electron chi connectivity index (χ4n) is 5.46. The van der Waals surface area contributed by atoms with Gasteiger partial charge in [0.2, 0.25) is 5.91 Å². The molecule has 0 fully saturated rings. The summed E-state index contributed by atoms with van der Waals surface area (Å²) in [6, 6.07) is 22.5. The first-order chi connectivity index (χ1) is 18.3. The summed E-state index contributed by atoms with van der Waals surface area (Å²) in [6.07, 6.45) is 1.16. The number of benzene rings is 3. The predicted molar refractivity (Wildman–Crippen MR) is 151 cm³/mol.